The second-order valence-electron chi connectivity index (χ2n) is 3.56. The molecule has 0 unspecified atom stereocenters. The molecule has 124 valence electrons. The predicted molar refractivity (Wildman–Crippen MR) is 72.0 cm³/mol. The van der Waals surface area contributed by atoms with E-state index in [1.54, 1.807) is 6.08 Å². The van der Waals surface area contributed by atoms with Crippen LogP contribution in [0.4, 0.5) is 13.2 Å². The number of benzene rings is 1. The van der Waals surface area contributed by atoms with E-state index in [1.807, 2.05) is 24.3 Å². The first kappa shape index (κ1) is 21.9. The van der Waals surface area contributed by atoms with E-state index < -0.39 is 18.1 Å². The Hall–Kier alpha value is -2.43. The van der Waals surface area contributed by atoms with Crippen molar-refractivity contribution in [2.24, 2.45) is 5.73 Å². The summed E-state index contributed by atoms with van der Waals surface area (Å²) in [5.74, 6) is -3.31. The fourth-order valence-electron chi connectivity index (χ4n) is 0.974. The van der Waals surface area contributed by atoms with Crippen LogP contribution >= 0.6 is 0 Å². The zero-order valence-corrected chi connectivity index (χ0v) is 11.3. The molecule has 0 aliphatic rings. The number of hydrogen-bond acceptors (Lipinski definition) is 5. The zero-order chi connectivity index (χ0) is 16.5. The third-order valence-electron chi connectivity index (χ3n) is 2.00. The Bertz CT molecular complexity index is 501. The monoisotopic (exact) mass is 323 g/mol. The molecular formula is C12H16F3N3O4. The summed E-state index contributed by atoms with van der Waals surface area (Å²) >= 11 is 0. The quantitative estimate of drug-likeness (QED) is 0.323. The van der Waals surface area contributed by atoms with Crippen LogP contribution in [0.3, 0.4) is 0 Å². The number of carbonyl (C=O) groups excluding carboxylic acids is 1. The minimum absolute atomic E-state index is 0. The SMILES string of the molecule is N.NCc1ccc(/C=C/C(=O)NO)cc1.O=C(O)C(F)(F)F. The van der Waals surface area contributed by atoms with Crippen molar-refractivity contribution in [3.63, 3.8) is 0 Å². The minimum Gasteiger partial charge on any atom is -0.475 e. The van der Waals surface area contributed by atoms with Crippen molar-refractivity contribution in [3.8, 4) is 0 Å². The van der Waals surface area contributed by atoms with Gasteiger partial charge in [0.25, 0.3) is 5.91 Å². The van der Waals surface area contributed by atoms with Crippen LogP contribution in [-0.2, 0) is 16.1 Å². The van der Waals surface area contributed by atoms with E-state index in [2.05, 4.69) is 0 Å². The first-order valence-corrected chi connectivity index (χ1v) is 5.42. The van der Waals surface area contributed by atoms with Crippen molar-refractivity contribution < 1.29 is 33.1 Å². The Labute approximate surface area is 123 Å². The molecule has 1 rings (SSSR count). The summed E-state index contributed by atoms with van der Waals surface area (Å²) in [4.78, 5) is 19.5. The number of halogens is 3. The molecule has 0 aliphatic carbocycles. The Morgan fingerprint density at radius 3 is 2.00 bits per heavy atom. The number of rotatable bonds is 3. The van der Waals surface area contributed by atoms with Gasteiger partial charge in [-0.25, -0.2) is 10.3 Å². The molecule has 0 atom stereocenters. The van der Waals surface area contributed by atoms with E-state index in [4.69, 9.17) is 20.8 Å². The van der Waals surface area contributed by atoms with Crippen molar-refractivity contribution in [2.75, 3.05) is 0 Å². The summed E-state index contributed by atoms with van der Waals surface area (Å²) in [6.07, 6.45) is -2.23. The third kappa shape index (κ3) is 9.47. The lowest BCUT2D eigenvalue weighted by atomic mass is 10.1. The Morgan fingerprint density at radius 2 is 1.68 bits per heavy atom. The molecule has 10 heteroatoms. The largest absolute Gasteiger partial charge is 0.490 e. The number of hydrogen-bond donors (Lipinski definition) is 5. The maximum absolute atomic E-state index is 10.6. The van der Waals surface area contributed by atoms with Crippen LogP contribution in [0.15, 0.2) is 30.3 Å². The predicted octanol–water partition coefficient (Wildman–Crippen LogP) is 1.46. The topological polar surface area (TPSA) is 148 Å². The van der Waals surface area contributed by atoms with Crippen LogP contribution in [-0.4, -0.2) is 28.4 Å². The number of hydroxylamine groups is 1. The smallest absolute Gasteiger partial charge is 0.475 e. The Kier molecular flexibility index (Phi) is 10.3. The van der Waals surface area contributed by atoms with Gasteiger partial charge in [-0.2, -0.15) is 13.2 Å². The molecule has 1 aromatic carbocycles. The van der Waals surface area contributed by atoms with Gasteiger partial charge in [-0.1, -0.05) is 24.3 Å². The van der Waals surface area contributed by atoms with Crippen LogP contribution in [0.25, 0.3) is 6.08 Å². The molecular weight excluding hydrogens is 307 g/mol. The van der Waals surface area contributed by atoms with Gasteiger partial charge >= 0.3 is 12.1 Å². The van der Waals surface area contributed by atoms with Crippen LogP contribution in [0.5, 0.6) is 0 Å². The number of carboxylic acids is 1. The standard InChI is InChI=1S/C10H12N2O2.C2HF3O2.H3N/c11-7-9-3-1-8(2-4-9)5-6-10(13)12-14;3-2(4,5)1(6)7;/h1-6,14H,7,11H2,(H,12,13);(H,6,7);1H3/b6-5+;;. The summed E-state index contributed by atoms with van der Waals surface area (Å²) in [6, 6.07) is 7.47. The molecule has 22 heavy (non-hydrogen) atoms. The number of amides is 1. The maximum atomic E-state index is 10.6. The molecule has 0 bridgehead atoms. The lowest BCUT2D eigenvalue weighted by molar-refractivity contribution is -0.192. The Balaban J connectivity index is 0. The lowest BCUT2D eigenvalue weighted by Crippen LogP contribution is -2.21. The molecule has 8 N–H and O–H groups in total. The lowest BCUT2D eigenvalue weighted by Gasteiger charge is -1.96. The van der Waals surface area contributed by atoms with Gasteiger partial charge in [0.15, 0.2) is 0 Å². The molecule has 1 amide bonds. The summed E-state index contributed by atoms with van der Waals surface area (Å²) < 4.78 is 31.7. The van der Waals surface area contributed by atoms with Crippen molar-refractivity contribution in [1.82, 2.24) is 11.6 Å². The van der Waals surface area contributed by atoms with Gasteiger partial charge in [0.05, 0.1) is 0 Å². The number of aliphatic carboxylic acids is 1. The number of carboxylic acid groups (broad SMARTS) is 1. The highest BCUT2D eigenvalue weighted by Crippen LogP contribution is 2.13. The van der Waals surface area contributed by atoms with Crippen LogP contribution in [0, 0.1) is 0 Å². The molecule has 0 fully saturated rings. The van der Waals surface area contributed by atoms with E-state index >= 15 is 0 Å². The van der Waals surface area contributed by atoms with E-state index in [0.717, 1.165) is 11.1 Å². The average molecular weight is 323 g/mol. The Morgan fingerprint density at radius 1 is 1.23 bits per heavy atom. The van der Waals surface area contributed by atoms with Gasteiger partial charge in [0.1, 0.15) is 0 Å². The highest BCUT2D eigenvalue weighted by Gasteiger charge is 2.38. The average Bonchev–Trinajstić information content (AvgIpc) is 2.44. The fourth-order valence-corrected chi connectivity index (χ4v) is 0.974. The van der Waals surface area contributed by atoms with Crippen molar-refractivity contribution in [2.45, 2.75) is 12.7 Å². The molecule has 0 radical (unpaired) electrons. The summed E-state index contributed by atoms with van der Waals surface area (Å²) in [5, 5.41) is 15.4. The highest BCUT2D eigenvalue weighted by atomic mass is 19.4. The molecule has 0 aliphatic heterocycles. The van der Waals surface area contributed by atoms with Crippen molar-refractivity contribution in [1.29, 1.82) is 0 Å². The van der Waals surface area contributed by atoms with Gasteiger partial charge < -0.3 is 17.0 Å². The van der Waals surface area contributed by atoms with Gasteiger partial charge in [0.2, 0.25) is 0 Å². The van der Waals surface area contributed by atoms with E-state index in [9.17, 15) is 18.0 Å². The minimum atomic E-state index is -5.08. The number of alkyl halides is 3. The second kappa shape index (κ2) is 10.3. The van der Waals surface area contributed by atoms with E-state index in [1.165, 1.54) is 11.6 Å². The number of nitrogens with two attached hydrogens (primary N) is 1. The van der Waals surface area contributed by atoms with Crippen molar-refractivity contribution >= 4 is 18.0 Å². The van der Waals surface area contributed by atoms with Crippen LogP contribution in [0.1, 0.15) is 11.1 Å². The third-order valence-corrected chi connectivity index (χ3v) is 2.00. The first-order chi connectivity index (χ1) is 9.70. The van der Waals surface area contributed by atoms with Crippen molar-refractivity contribution in [3.05, 3.63) is 41.5 Å². The normalized spacial score (nSPS) is 10.2. The zero-order valence-electron chi connectivity index (χ0n) is 11.3. The number of nitrogens with one attached hydrogen (secondary N) is 1. The molecule has 0 heterocycles. The molecule has 0 saturated heterocycles. The molecule has 7 nitrogen and oxygen atoms in total. The van der Waals surface area contributed by atoms with Gasteiger partial charge in [-0.3, -0.25) is 10.0 Å². The van der Waals surface area contributed by atoms with Crippen LogP contribution < -0.4 is 17.4 Å². The molecule has 0 aromatic heterocycles. The summed E-state index contributed by atoms with van der Waals surface area (Å²) in [7, 11) is 0. The van der Waals surface area contributed by atoms with E-state index in [-0.39, 0.29) is 6.15 Å². The first-order valence-electron chi connectivity index (χ1n) is 5.42. The van der Waals surface area contributed by atoms with Gasteiger partial charge in [-0.05, 0) is 17.2 Å². The highest BCUT2D eigenvalue weighted by molar-refractivity contribution is 5.90. The summed E-state index contributed by atoms with van der Waals surface area (Å²) in [6.45, 7) is 0.501. The summed E-state index contributed by atoms with van der Waals surface area (Å²) in [5.41, 5.74) is 8.86. The number of carbonyl (C=O) groups is 2. The van der Waals surface area contributed by atoms with E-state index in [0.29, 0.717) is 6.54 Å². The van der Waals surface area contributed by atoms with Gasteiger partial charge in [-0.15, -0.1) is 0 Å². The van der Waals surface area contributed by atoms with Gasteiger partial charge in [0, 0.05) is 12.6 Å². The second-order valence-corrected chi connectivity index (χ2v) is 3.56. The molecule has 0 spiro atoms. The van der Waals surface area contributed by atoms with Crippen LogP contribution in [0.2, 0.25) is 0 Å². The molecule has 1 aromatic rings. The maximum Gasteiger partial charge on any atom is 0.490 e. The molecule has 0 saturated carbocycles. The fraction of sp³-hybridized carbons (Fsp3) is 0.167.